The van der Waals surface area contributed by atoms with Gasteiger partial charge in [-0.25, -0.2) is 4.79 Å². The molecule has 37 heavy (non-hydrogen) atoms. The minimum absolute atomic E-state index is 0.0218. The quantitative estimate of drug-likeness (QED) is 0.620. The molecule has 4 rings (SSSR count). The number of rotatable bonds is 5. The Morgan fingerprint density at radius 3 is 2.43 bits per heavy atom. The molecule has 2 aliphatic heterocycles. The van der Waals surface area contributed by atoms with Crippen LogP contribution in [0.15, 0.2) is 36.4 Å². The van der Waals surface area contributed by atoms with Gasteiger partial charge in [-0.1, -0.05) is 32.9 Å². The molecule has 1 N–H and O–H groups in total. The van der Waals surface area contributed by atoms with Crippen molar-refractivity contribution < 1.29 is 14.3 Å². The number of anilines is 1. The van der Waals surface area contributed by atoms with Gasteiger partial charge in [0.2, 0.25) is 0 Å². The highest BCUT2D eigenvalue weighted by atomic mass is 16.5. The smallest absolute Gasteiger partial charge is 0.317 e. The monoisotopic (exact) mass is 506 g/mol. The number of nitrogens with zero attached hydrogens (tertiary/aromatic N) is 3. The third-order valence-electron chi connectivity index (χ3n) is 7.29. The Balaban J connectivity index is 1.33. The first-order valence-corrected chi connectivity index (χ1v) is 13.5. The fourth-order valence-electron chi connectivity index (χ4n) is 4.83. The summed E-state index contributed by atoms with van der Waals surface area (Å²) in [6.45, 7) is 16.9. The maximum absolute atomic E-state index is 13.5. The number of hydrogen-bond acceptors (Lipinski definition) is 4. The lowest BCUT2D eigenvalue weighted by atomic mass is 9.92. The van der Waals surface area contributed by atoms with Gasteiger partial charge in [0.05, 0.1) is 12.3 Å². The Kier molecular flexibility index (Phi) is 8.42. The summed E-state index contributed by atoms with van der Waals surface area (Å²) in [7, 11) is 0. The summed E-state index contributed by atoms with van der Waals surface area (Å²) in [5.74, 6) is 0.732. The highest BCUT2D eigenvalue weighted by molar-refractivity contribution is 6.07. The normalized spacial score (nSPS) is 16.6. The Morgan fingerprint density at radius 1 is 0.973 bits per heavy atom. The summed E-state index contributed by atoms with van der Waals surface area (Å²) in [4.78, 5) is 32.4. The van der Waals surface area contributed by atoms with Crippen LogP contribution in [0, 0.1) is 19.3 Å². The van der Waals surface area contributed by atoms with Gasteiger partial charge in [0.15, 0.2) is 0 Å². The molecule has 0 saturated carbocycles. The maximum Gasteiger partial charge on any atom is 0.317 e. The van der Waals surface area contributed by atoms with E-state index in [0.29, 0.717) is 30.7 Å². The molecule has 0 aliphatic carbocycles. The van der Waals surface area contributed by atoms with Crippen molar-refractivity contribution >= 4 is 17.6 Å². The topological polar surface area (TPSA) is 65.1 Å². The highest BCUT2D eigenvalue weighted by Crippen LogP contribution is 2.33. The number of amides is 3. The molecule has 0 unspecified atom stereocenters. The van der Waals surface area contributed by atoms with Crippen LogP contribution in [0.4, 0.5) is 10.5 Å². The molecule has 0 atom stereocenters. The summed E-state index contributed by atoms with van der Waals surface area (Å²) >= 11 is 0. The van der Waals surface area contributed by atoms with Crippen LogP contribution < -0.4 is 15.0 Å². The van der Waals surface area contributed by atoms with E-state index < -0.39 is 0 Å². The van der Waals surface area contributed by atoms with E-state index in [4.69, 9.17) is 4.74 Å². The molecule has 0 bridgehead atoms. The molecule has 2 aromatic carbocycles. The van der Waals surface area contributed by atoms with Crippen LogP contribution in [0.25, 0.3) is 0 Å². The second-order valence-corrected chi connectivity index (χ2v) is 11.6. The number of carbonyl (C=O) groups excluding carboxylic acids is 2. The highest BCUT2D eigenvalue weighted by Gasteiger charge is 2.25. The van der Waals surface area contributed by atoms with Crippen LogP contribution in [-0.4, -0.2) is 67.6 Å². The van der Waals surface area contributed by atoms with Crippen molar-refractivity contribution in [2.45, 2.75) is 54.0 Å². The number of urea groups is 1. The number of ether oxygens (including phenoxy) is 1. The fraction of sp³-hybridized carbons (Fsp3) is 0.533. The number of nitrogens with one attached hydrogen (secondary N) is 1. The molecule has 2 aliphatic rings. The lowest BCUT2D eigenvalue weighted by Crippen LogP contribution is -2.52. The Labute approximate surface area is 221 Å². The second-order valence-electron chi connectivity index (χ2n) is 11.6. The number of benzene rings is 2. The van der Waals surface area contributed by atoms with Crippen LogP contribution in [0.2, 0.25) is 0 Å². The predicted octanol–water partition coefficient (Wildman–Crippen LogP) is 5.00. The van der Waals surface area contributed by atoms with Gasteiger partial charge >= 0.3 is 6.03 Å². The standard InChI is InChI=1S/C30H42N4O3/c1-22-7-10-26-27(19-22)37-18-6-12-34(26)28(35)24-8-9-25(23(2)20-24)21-31-29(36)33-16-14-32(15-17-33)13-11-30(3,4)5/h7-10,19-20H,6,11-18,21H2,1-5H3,(H,31,36). The van der Waals surface area contributed by atoms with Crippen molar-refractivity contribution in [2.75, 3.05) is 50.8 Å². The van der Waals surface area contributed by atoms with E-state index in [0.717, 1.165) is 73.7 Å². The maximum atomic E-state index is 13.5. The van der Waals surface area contributed by atoms with Crippen LogP contribution in [0.5, 0.6) is 5.75 Å². The minimum Gasteiger partial charge on any atom is -0.491 e. The van der Waals surface area contributed by atoms with Crippen LogP contribution >= 0.6 is 0 Å². The van der Waals surface area contributed by atoms with Gasteiger partial charge in [-0.3, -0.25) is 9.69 Å². The van der Waals surface area contributed by atoms with Crippen molar-refractivity contribution in [3.63, 3.8) is 0 Å². The zero-order valence-electron chi connectivity index (χ0n) is 23.1. The molecule has 200 valence electrons. The van der Waals surface area contributed by atoms with Crippen LogP contribution in [-0.2, 0) is 6.54 Å². The van der Waals surface area contributed by atoms with Gasteiger partial charge in [0.1, 0.15) is 5.75 Å². The zero-order chi connectivity index (χ0) is 26.6. The van der Waals surface area contributed by atoms with E-state index in [2.05, 4.69) is 31.0 Å². The van der Waals surface area contributed by atoms with E-state index in [-0.39, 0.29) is 11.9 Å². The first-order chi connectivity index (χ1) is 17.6. The van der Waals surface area contributed by atoms with E-state index in [9.17, 15) is 9.59 Å². The lowest BCUT2D eigenvalue weighted by molar-refractivity contribution is 0.0987. The Morgan fingerprint density at radius 2 is 1.73 bits per heavy atom. The minimum atomic E-state index is -0.0291. The van der Waals surface area contributed by atoms with Crippen molar-refractivity contribution in [3.8, 4) is 5.75 Å². The van der Waals surface area contributed by atoms with E-state index in [1.807, 2.05) is 60.0 Å². The summed E-state index contributed by atoms with van der Waals surface area (Å²) in [6, 6.07) is 11.7. The third kappa shape index (κ3) is 7.04. The Hall–Kier alpha value is -3.06. The van der Waals surface area contributed by atoms with Gasteiger partial charge < -0.3 is 19.9 Å². The number of fused-ring (bicyclic) bond motifs is 1. The third-order valence-corrected chi connectivity index (χ3v) is 7.29. The molecular weight excluding hydrogens is 464 g/mol. The summed E-state index contributed by atoms with van der Waals surface area (Å²) < 4.78 is 5.88. The van der Waals surface area contributed by atoms with E-state index >= 15 is 0 Å². The van der Waals surface area contributed by atoms with Crippen molar-refractivity contribution in [3.05, 3.63) is 58.7 Å². The first-order valence-electron chi connectivity index (χ1n) is 13.5. The van der Waals surface area contributed by atoms with Gasteiger partial charge in [-0.15, -0.1) is 0 Å². The number of piperazine rings is 1. The largest absolute Gasteiger partial charge is 0.491 e. The number of hydrogen-bond donors (Lipinski definition) is 1. The molecule has 1 fully saturated rings. The molecule has 0 aromatic heterocycles. The summed E-state index contributed by atoms with van der Waals surface area (Å²) in [6.07, 6.45) is 1.95. The van der Waals surface area contributed by atoms with Crippen molar-refractivity contribution in [1.29, 1.82) is 0 Å². The molecule has 7 nitrogen and oxygen atoms in total. The fourth-order valence-corrected chi connectivity index (χ4v) is 4.83. The second kappa shape index (κ2) is 11.5. The van der Waals surface area contributed by atoms with Gasteiger partial charge in [-0.2, -0.15) is 0 Å². The lowest BCUT2D eigenvalue weighted by Gasteiger charge is -2.36. The van der Waals surface area contributed by atoms with Crippen LogP contribution in [0.3, 0.4) is 0 Å². The van der Waals surface area contributed by atoms with Crippen LogP contribution in [0.1, 0.15) is 60.7 Å². The Bertz CT molecular complexity index is 1120. The van der Waals surface area contributed by atoms with Gasteiger partial charge in [0, 0.05) is 44.8 Å². The van der Waals surface area contributed by atoms with E-state index in [1.54, 1.807) is 0 Å². The van der Waals surface area contributed by atoms with Crippen molar-refractivity contribution in [1.82, 2.24) is 15.1 Å². The first kappa shape index (κ1) is 27.0. The predicted molar refractivity (Wildman–Crippen MR) is 148 cm³/mol. The number of carbonyl (C=O) groups is 2. The molecule has 7 heteroatoms. The zero-order valence-corrected chi connectivity index (χ0v) is 23.1. The molecule has 2 aromatic rings. The molecular formula is C30H42N4O3. The van der Waals surface area contributed by atoms with E-state index in [1.165, 1.54) is 0 Å². The molecule has 3 amide bonds. The number of aryl methyl sites for hydroxylation is 2. The van der Waals surface area contributed by atoms with Crippen molar-refractivity contribution in [2.24, 2.45) is 5.41 Å². The average molecular weight is 507 g/mol. The molecule has 0 radical (unpaired) electrons. The summed E-state index contributed by atoms with van der Waals surface area (Å²) in [5, 5.41) is 3.08. The summed E-state index contributed by atoms with van der Waals surface area (Å²) in [5.41, 5.74) is 4.92. The SMILES string of the molecule is Cc1ccc2c(c1)OCCCN2C(=O)c1ccc(CNC(=O)N2CCN(CCC(C)(C)C)CC2)c(C)c1. The van der Waals surface area contributed by atoms with Gasteiger partial charge in [0.25, 0.3) is 5.91 Å². The molecule has 2 heterocycles. The molecule has 0 spiro atoms. The van der Waals surface area contributed by atoms with Gasteiger partial charge in [-0.05, 0) is 79.6 Å². The molecule has 1 saturated heterocycles. The average Bonchev–Trinajstić information content (AvgIpc) is 3.08.